The molecule has 0 aliphatic heterocycles. The van der Waals surface area contributed by atoms with E-state index in [1.807, 2.05) is 0 Å². The second kappa shape index (κ2) is 5.87. The van der Waals surface area contributed by atoms with E-state index < -0.39 is 15.8 Å². The van der Waals surface area contributed by atoms with E-state index in [-0.39, 0.29) is 26.5 Å². The lowest BCUT2D eigenvalue weighted by molar-refractivity contribution is 0.282. The molecule has 0 aliphatic rings. The van der Waals surface area contributed by atoms with Crippen LogP contribution in [0.2, 0.25) is 10.0 Å². The molecule has 2 N–H and O–H groups in total. The normalized spacial score (nSPS) is 11.6. The second-order valence-electron chi connectivity index (χ2n) is 3.78. The molecule has 0 bridgehead atoms. The van der Waals surface area contributed by atoms with Crippen LogP contribution in [0.15, 0.2) is 27.8 Å². The lowest BCUT2D eigenvalue weighted by Crippen LogP contribution is -2.12. The number of hydrogen-bond donors (Lipinski definition) is 2. The van der Waals surface area contributed by atoms with E-state index in [2.05, 4.69) is 4.72 Å². The molecule has 0 aliphatic carbocycles. The second-order valence-corrected chi connectivity index (χ2v) is 7.42. The van der Waals surface area contributed by atoms with E-state index in [1.54, 1.807) is 0 Å². The maximum Gasteiger partial charge on any atom is 0.271 e. The number of nitrogens with one attached hydrogen (secondary N) is 1. The Morgan fingerprint density at radius 2 is 1.85 bits per heavy atom. The Hall–Kier alpha value is -0.860. The number of sulfonamides is 1. The van der Waals surface area contributed by atoms with Crippen molar-refractivity contribution in [2.45, 2.75) is 10.8 Å². The predicted molar refractivity (Wildman–Crippen MR) is 77.5 cm³/mol. The van der Waals surface area contributed by atoms with Crippen molar-refractivity contribution in [2.24, 2.45) is 0 Å². The predicted octanol–water partition coefficient (Wildman–Crippen LogP) is 3.49. The Labute approximate surface area is 128 Å². The van der Waals surface area contributed by atoms with Gasteiger partial charge in [0.2, 0.25) is 0 Å². The largest absolute Gasteiger partial charge is 0.392 e. The van der Waals surface area contributed by atoms with Gasteiger partial charge in [0.25, 0.3) is 10.0 Å². The molecule has 9 heteroatoms. The zero-order valence-electron chi connectivity index (χ0n) is 9.73. The van der Waals surface area contributed by atoms with Crippen LogP contribution < -0.4 is 4.72 Å². The van der Waals surface area contributed by atoms with Crippen molar-refractivity contribution in [1.82, 2.24) is 0 Å². The van der Waals surface area contributed by atoms with Gasteiger partial charge in [0, 0.05) is 0 Å². The first-order chi connectivity index (χ1) is 9.33. The first-order valence-corrected chi connectivity index (χ1v) is 8.31. The number of halogens is 3. The van der Waals surface area contributed by atoms with Crippen molar-refractivity contribution in [3.05, 3.63) is 45.0 Å². The Morgan fingerprint density at radius 1 is 1.25 bits per heavy atom. The molecule has 0 amide bonds. The number of thiophene rings is 1. The number of aliphatic hydroxyl groups excluding tert-OH is 1. The third-order valence-corrected chi connectivity index (χ3v) is 5.75. The minimum absolute atomic E-state index is 0.00184. The van der Waals surface area contributed by atoms with Crippen molar-refractivity contribution in [1.29, 1.82) is 0 Å². The molecule has 2 rings (SSSR count). The van der Waals surface area contributed by atoms with Gasteiger partial charge in [-0.25, -0.2) is 12.8 Å². The summed E-state index contributed by atoms with van der Waals surface area (Å²) in [5.41, 5.74) is 0.389. The molecule has 0 saturated carbocycles. The summed E-state index contributed by atoms with van der Waals surface area (Å²) in [7, 11) is -3.89. The minimum atomic E-state index is -3.89. The molecule has 0 fully saturated rings. The zero-order valence-corrected chi connectivity index (χ0v) is 12.9. The summed E-state index contributed by atoms with van der Waals surface area (Å²) in [5, 5.41) is 10.2. The summed E-state index contributed by atoms with van der Waals surface area (Å²) in [6.45, 7) is -0.260. The van der Waals surface area contributed by atoms with E-state index in [9.17, 15) is 12.8 Å². The smallest absolute Gasteiger partial charge is 0.271 e. The van der Waals surface area contributed by atoms with Crippen LogP contribution in [0.1, 0.15) is 5.56 Å². The highest BCUT2D eigenvalue weighted by Crippen LogP contribution is 2.34. The van der Waals surface area contributed by atoms with Crippen LogP contribution in [0.4, 0.5) is 10.1 Å². The Kier molecular flexibility index (Phi) is 4.55. The summed E-state index contributed by atoms with van der Waals surface area (Å²) in [5.74, 6) is -0.665. The van der Waals surface area contributed by atoms with Crippen LogP contribution in [0.25, 0.3) is 0 Å². The Morgan fingerprint density at radius 3 is 2.35 bits per heavy atom. The number of benzene rings is 1. The molecule has 108 valence electrons. The first kappa shape index (κ1) is 15.5. The lowest BCUT2D eigenvalue weighted by Gasteiger charge is -2.10. The van der Waals surface area contributed by atoms with Gasteiger partial charge in [0.1, 0.15) is 10.0 Å². The molecule has 0 radical (unpaired) electrons. The van der Waals surface area contributed by atoms with Crippen molar-refractivity contribution < 1.29 is 17.9 Å². The highest BCUT2D eigenvalue weighted by Gasteiger charge is 2.20. The van der Waals surface area contributed by atoms with Gasteiger partial charge in [0.15, 0.2) is 0 Å². The molecule has 1 aromatic carbocycles. The molecule has 0 atom stereocenters. The monoisotopic (exact) mass is 355 g/mol. The molecular formula is C11H8Cl2FNO3S2. The quantitative estimate of drug-likeness (QED) is 0.881. The van der Waals surface area contributed by atoms with Crippen LogP contribution >= 0.6 is 34.5 Å². The third-order valence-electron chi connectivity index (χ3n) is 2.32. The van der Waals surface area contributed by atoms with Gasteiger partial charge in [-0.3, -0.25) is 4.72 Å². The summed E-state index contributed by atoms with van der Waals surface area (Å²) in [6, 6.07) is 3.25. The average Bonchev–Trinajstić information content (AvgIpc) is 2.83. The number of hydrogen-bond acceptors (Lipinski definition) is 4. The number of anilines is 1. The molecule has 2 aromatic rings. The Bertz CT molecular complexity index is 723. The molecule has 0 spiro atoms. The SMILES string of the molecule is O=S(=O)(Nc1c(Cl)cc(F)cc1Cl)c1cc(CO)cs1. The van der Waals surface area contributed by atoms with Crippen LogP contribution in [0.3, 0.4) is 0 Å². The van der Waals surface area contributed by atoms with Crippen LogP contribution in [-0.2, 0) is 16.6 Å². The fourth-order valence-electron chi connectivity index (χ4n) is 1.40. The topological polar surface area (TPSA) is 66.4 Å². The standard InChI is InChI=1S/C11H8Cl2FNO3S2/c12-8-2-7(14)3-9(13)11(8)15-20(17,18)10-1-6(4-16)5-19-10/h1-3,5,15-16H,4H2. The van der Waals surface area contributed by atoms with Gasteiger partial charge < -0.3 is 5.11 Å². The molecule has 1 aromatic heterocycles. The highest BCUT2D eigenvalue weighted by atomic mass is 35.5. The molecule has 20 heavy (non-hydrogen) atoms. The lowest BCUT2D eigenvalue weighted by atomic mass is 10.3. The number of rotatable bonds is 4. The van der Waals surface area contributed by atoms with Gasteiger partial charge in [0.05, 0.1) is 22.3 Å². The summed E-state index contributed by atoms with van der Waals surface area (Å²) in [6.07, 6.45) is 0. The minimum Gasteiger partial charge on any atom is -0.392 e. The first-order valence-electron chi connectivity index (χ1n) is 5.19. The van der Waals surface area contributed by atoms with Crippen molar-refractivity contribution >= 4 is 50.2 Å². The summed E-state index contributed by atoms with van der Waals surface area (Å²) >= 11 is 12.5. The van der Waals surface area contributed by atoms with E-state index in [0.29, 0.717) is 5.56 Å². The number of aliphatic hydroxyl groups is 1. The molecule has 1 heterocycles. The molecule has 4 nitrogen and oxygen atoms in total. The molecule has 0 unspecified atom stereocenters. The van der Waals surface area contributed by atoms with Crippen molar-refractivity contribution in [3.63, 3.8) is 0 Å². The summed E-state index contributed by atoms with van der Waals surface area (Å²) < 4.78 is 39.5. The van der Waals surface area contributed by atoms with Gasteiger partial charge in [-0.1, -0.05) is 23.2 Å². The maximum atomic E-state index is 13.0. The van der Waals surface area contributed by atoms with Crippen LogP contribution in [0, 0.1) is 5.82 Å². The highest BCUT2D eigenvalue weighted by molar-refractivity contribution is 7.94. The summed E-state index contributed by atoms with van der Waals surface area (Å²) in [4.78, 5) is 0. The molecular weight excluding hydrogens is 348 g/mol. The van der Waals surface area contributed by atoms with E-state index in [1.165, 1.54) is 11.4 Å². The van der Waals surface area contributed by atoms with E-state index in [0.717, 1.165) is 23.5 Å². The maximum absolute atomic E-state index is 13.0. The van der Waals surface area contributed by atoms with Gasteiger partial charge in [-0.2, -0.15) is 0 Å². The van der Waals surface area contributed by atoms with E-state index >= 15 is 0 Å². The van der Waals surface area contributed by atoms with Gasteiger partial charge >= 0.3 is 0 Å². The van der Waals surface area contributed by atoms with Gasteiger partial charge in [-0.15, -0.1) is 11.3 Å². The average molecular weight is 356 g/mol. The zero-order chi connectivity index (χ0) is 14.9. The van der Waals surface area contributed by atoms with Gasteiger partial charge in [-0.05, 0) is 29.1 Å². The molecule has 0 saturated heterocycles. The van der Waals surface area contributed by atoms with Crippen LogP contribution in [-0.4, -0.2) is 13.5 Å². The van der Waals surface area contributed by atoms with Crippen molar-refractivity contribution in [3.8, 4) is 0 Å². The Balaban J connectivity index is 2.38. The van der Waals surface area contributed by atoms with Crippen LogP contribution in [0.5, 0.6) is 0 Å². The fourth-order valence-corrected chi connectivity index (χ4v) is 4.37. The van der Waals surface area contributed by atoms with E-state index in [4.69, 9.17) is 28.3 Å². The fraction of sp³-hybridized carbons (Fsp3) is 0.0909. The van der Waals surface area contributed by atoms with Crippen molar-refractivity contribution in [2.75, 3.05) is 4.72 Å². The third kappa shape index (κ3) is 3.24.